The van der Waals surface area contributed by atoms with Gasteiger partial charge in [0.25, 0.3) is 0 Å². The molecule has 2 rings (SSSR count). The van der Waals surface area contributed by atoms with Gasteiger partial charge in [-0.3, -0.25) is 9.59 Å². The summed E-state index contributed by atoms with van der Waals surface area (Å²) in [6.45, 7) is 7.14. The number of carboxylic acids is 1. The maximum absolute atomic E-state index is 11.9. The molecule has 7 nitrogen and oxygen atoms in total. The highest BCUT2D eigenvalue weighted by atomic mass is 16.6. The van der Waals surface area contributed by atoms with Crippen LogP contribution in [-0.2, 0) is 14.3 Å². The summed E-state index contributed by atoms with van der Waals surface area (Å²) in [5.41, 5.74) is -0.488. The van der Waals surface area contributed by atoms with Crippen LogP contribution in [0.2, 0.25) is 0 Å². The van der Waals surface area contributed by atoms with E-state index in [-0.39, 0.29) is 18.4 Å². The molecule has 0 bridgehead atoms. The van der Waals surface area contributed by atoms with E-state index in [0.717, 1.165) is 25.7 Å². The van der Waals surface area contributed by atoms with Crippen LogP contribution in [0.1, 0.15) is 52.9 Å². The Morgan fingerprint density at radius 2 is 1.80 bits per heavy atom. The Morgan fingerprint density at radius 3 is 2.32 bits per heavy atom. The van der Waals surface area contributed by atoms with E-state index in [0.29, 0.717) is 31.5 Å². The molecule has 0 aromatic carbocycles. The molecular weight excluding hydrogens is 324 g/mol. The highest BCUT2D eigenvalue weighted by Gasteiger charge is 2.35. The number of carboxylic acid groups (broad SMARTS) is 1. The highest BCUT2D eigenvalue weighted by Crippen LogP contribution is 2.30. The normalized spacial score (nSPS) is 27.2. The number of rotatable bonds is 5. The van der Waals surface area contributed by atoms with Gasteiger partial charge in [-0.1, -0.05) is 0 Å². The van der Waals surface area contributed by atoms with Gasteiger partial charge in [0, 0.05) is 26.1 Å². The number of hydrogen-bond acceptors (Lipinski definition) is 4. The predicted molar refractivity (Wildman–Crippen MR) is 92.0 cm³/mol. The van der Waals surface area contributed by atoms with Crippen LogP contribution in [0.3, 0.4) is 0 Å². The molecule has 2 N–H and O–H groups in total. The zero-order valence-electron chi connectivity index (χ0n) is 15.4. The maximum atomic E-state index is 11.9. The largest absolute Gasteiger partial charge is 0.481 e. The molecule has 2 fully saturated rings. The minimum Gasteiger partial charge on any atom is -0.481 e. The number of carbonyl (C=O) groups is 3. The quantitative estimate of drug-likeness (QED) is 0.789. The third kappa shape index (κ3) is 6.21. The summed E-state index contributed by atoms with van der Waals surface area (Å²) >= 11 is 0. The van der Waals surface area contributed by atoms with Gasteiger partial charge in [-0.25, -0.2) is 4.79 Å². The fraction of sp³-hybridized carbons (Fsp3) is 0.833. The number of ether oxygens (including phenoxy) is 1. The standard InChI is InChI=1S/C18H30N2O5/c1-18(2,3)25-17(24)19-9-12-4-6-13(7-5-12)10-20-11-14(16(22)23)8-15(20)21/h12-14H,4-11H2,1-3H3,(H,19,24)(H,22,23). The van der Waals surface area contributed by atoms with Crippen molar-refractivity contribution in [3.8, 4) is 0 Å². The third-order valence-electron chi connectivity index (χ3n) is 4.94. The summed E-state index contributed by atoms with van der Waals surface area (Å²) in [4.78, 5) is 36.3. The molecule has 1 aliphatic carbocycles. The number of nitrogens with one attached hydrogen (secondary N) is 1. The van der Waals surface area contributed by atoms with Crippen molar-refractivity contribution in [1.29, 1.82) is 0 Å². The second-order valence-electron chi connectivity index (χ2n) is 8.31. The number of alkyl carbamates (subject to hydrolysis) is 1. The van der Waals surface area contributed by atoms with Crippen LogP contribution in [0.5, 0.6) is 0 Å². The second-order valence-corrected chi connectivity index (χ2v) is 8.31. The molecule has 0 aromatic heterocycles. The van der Waals surface area contributed by atoms with E-state index in [1.165, 1.54) is 0 Å². The topological polar surface area (TPSA) is 95.9 Å². The fourth-order valence-corrected chi connectivity index (χ4v) is 3.59. The minimum absolute atomic E-state index is 0.0406. The molecule has 0 spiro atoms. The molecule has 2 aliphatic rings. The zero-order chi connectivity index (χ0) is 18.6. The minimum atomic E-state index is -0.882. The van der Waals surface area contributed by atoms with Crippen LogP contribution in [0, 0.1) is 17.8 Å². The van der Waals surface area contributed by atoms with Gasteiger partial charge in [-0.2, -0.15) is 0 Å². The molecule has 25 heavy (non-hydrogen) atoms. The zero-order valence-corrected chi connectivity index (χ0v) is 15.4. The average Bonchev–Trinajstić information content (AvgIpc) is 2.86. The van der Waals surface area contributed by atoms with Crippen LogP contribution < -0.4 is 5.32 Å². The Labute approximate surface area is 149 Å². The number of likely N-dealkylation sites (tertiary alicyclic amines) is 1. The van der Waals surface area contributed by atoms with Gasteiger partial charge in [0.2, 0.25) is 5.91 Å². The van der Waals surface area contributed by atoms with Crippen molar-refractivity contribution in [3.63, 3.8) is 0 Å². The molecule has 7 heteroatoms. The van der Waals surface area contributed by atoms with Gasteiger partial charge < -0.3 is 20.1 Å². The van der Waals surface area contributed by atoms with Crippen molar-refractivity contribution >= 4 is 18.0 Å². The van der Waals surface area contributed by atoms with Crippen molar-refractivity contribution in [2.24, 2.45) is 17.8 Å². The van der Waals surface area contributed by atoms with Gasteiger partial charge >= 0.3 is 12.1 Å². The lowest BCUT2D eigenvalue weighted by Crippen LogP contribution is -2.37. The monoisotopic (exact) mass is 354 g/mol. The molecule has 2 amide bonds. The molecule has 1 aliphatic heterocycles. The van der Waals surface area contributed by atoms with E-state index < -0.39 is 17.5 Å². The van der Waals surface area contributed by atoms with Crippen molar-refractivity contribution < 1.29 is 24.2 Å². The van der Waals surface area contributed by atoms with Gasteiger partial charge in [0.05, 0.1) is 5.92 Å². The summed E-state index contributed by atoms with van der Waals surface area (Å²) in [6.07, 6.45) is 3.77. The van der Waals surface area contributed by atoms with Gasteiger partial charge in [0.15, 0.2) is 0 Å². The maximum Gasteiger partial charge on any atom is 0.407 e. The lowest BCUT2D eigenvalue weighted by Gasteiger charge is -2.31. The van der Waals surface area contributed by atoms with E-state index in [1.54, 1.807) is 4.90 Å². The Kier molecular flexibility index (Phi) is 6.30. The Bertz CT molecular complexity index is 506. The van der Waals surface area contributed by atoms with E-state index in [4.69, 9.17) is 9.84 Å². The van der Waals surface area contributed by atoms with Crippen molar-refractivity contribution in [2.45, 2.75) is 58.5 Å². The smallest absolute Gasteiger partial charge is 0.407 e. The van der Waals surface area contributed by atoms with Crippen LogP contribution in [-0.4, -0.2) is 53.2 Å². The van der Waals surface area contributed by atoms with Crippen LogP contribution in [0.25, 0.3) is 0 Å². The van der Waals surface area contributed by atoms with Crippen LogP contribution in [0.4, 0.5) is 4.79 Å². The van der Waals surface area contributed by atoms with Crippen molar-refractivity contribution in [3.05, 3.63) is 0 Å². The summed E-state index contributed by atoms with van der Waals surface area (Å²) in [7, 11) is 0. The Balaban J connectivity index is 1.67. The van der Waals surface area contributed by atoms with E-state index in [9.17, 15) is 14.4 Å². The van der Waals surface area contributed by atoms with Crippen LogP contribution >= 0.6 is 0 Å². The van der Waals surface area contributed by atoms with E-state index in [1.807, 2.05) is 20.8 Å². The van der Waals surface area contributed by atoms with Gasteiger partial charge in [-0.15, -0.1) is 0 Å². The number of aliphatic carboxylic acids is 1. The molecule has 142 valence electrons. The summed E-state index contributed by atoms with van der Waals surface area (Å²) in [5.74, 6) is -0.616. The first-order valence-electron chi connectivity index (χ1n) is 9.11. The summed E-state index contributed by atoms with van der Waals surface area (Å²) in [6, 6.07) is 0. The summed E-state index contributed by atoms with van der Waals surface area (Å²) in [5, 5.41) is 11.9. The summed E-state index contributed by atoms with van der Waals surface area (Å²) < 4.78 is 5.24. The van der Waals surface area contributed by atoms with E-state index in [2.05, 4.69) is 5.32 Å². The lowest BCUT2D eigenvalue weighted by atomic mass is 9.81. The number of carbonyl (C=O) groups excluding carboxylic acids is 2. The molecule has 1 saturated heterocycles. The Hall–Kier alpha value is -1.79. The first-order chi connectivity index (χ1) is 11.6. The fourth-order valence-electron chi connectivity index (χ4n) is 3.59. The Morgan fingerprint density at radius 1 is 1.20 bits per heavy atom. The average molecular weight is 354 g/mol. The number of nitrogens with zero attached hydrogens (tertiary/aromatic N) is 1. The first kappa shape index (κ1) is 19.5. The number of hydrogen-bond donors (Lipinski definition) is 2. The molecule has 1 atom stereocenters. The molecule has 1 saturated carbocycles. The molecule has 0 aromatic rings. The van der Waals surface area contributed by atoms with Gasteiger partial charge in [-0.05, 0) is 58.3 Å². The molecule has 0 radical (unpaired) electrons. The molecule has 1 heterocycles. The van der Waals surface area contributed by atoms with Crippen molar-refractivity contribution in [2.75, 3.05) is 19.6 Å². The molecule has 1 unspecified atom stereocenters. The molecular formula is C18H30N2O5. The van der Waals surface area contributed by atoms with Crippen molar-refractivity contribution in [1.82, 2.24) is 10.2 Å². The van der Waals surface area contributed by atoms with E-state index >= 15 is 0 Å². The first-order valence-corrected chi connectivity index (χ1v) is 9.11. The van der Waals surface area contributed by atoms with Crippen LogP contribution in [0.15, 0.2) is 0 Å². The number of amides is 2. The highest BCUT2D eigenvalue weighted by molar-refractivity contribution is 5.86. The lowest BCUT2D eigenvalue weighted by molar-refractivity contribution is -0.141. The second kappa shape index (κ2) is 8.06. The predicted octanol–water partition coefficient (Wildman–Crippen LogP) is 2.25. The van der Waals surface area contributed by atoms with Gasteiger partial charge in [0.1, 0.15) is 5.60 Å². The SMILES string of the molecule is CC(C)(C)OC(=O)NCC1CCC(CN2CC(C(=O)O)CC2=O)CC1. The third-order valence-corrected chi connectivity index (χ3v) is 4.94.